The molecule has 6 heteroatoms. The van der Waals surface area contributed by atoms with E-state index in [1.54, 1.807) is 0 Å². The van der Waals surface area contributed by atoms with Crippen LogP contribution in [0, 0.1) is 6.92 Å². The van der Waals surface area contributed by atoms with E-state index in [4.69, 9.17) is 4.98 Å². The molecule has 6 nitrogen and oxygen atoms in total. The smallest absolute Gasteiger partial charge is 0.227 e. The second-order valence-electron chi connectivity index (χ2n) is 8.07. The summed E-state index contributed by atoms with van der Waals surface area (Å²) in [5.41, 5.74) is 3.36. The lowest BCUT2D eigenvalue weighted by molar-refractivity contribution is 0.373. The fraction of sp³-hybridized carbons (Fsp3) is 0.591. The maximum Gasteiger partial charge on any atom is 0.227 e. The number of aromatic nitrogens is 3. The molecule has 2 aromatic heterocycles. The summed E-state index contributed by atoms with van der Waals surface area (Å²) >= 11 is 0. The first-order chi connectivity index (χ1) is 13.4. The highest BCUT2D eigenvalue weighted by Gasteiger charge is 2.22. The third kappa shape index (κ3) is 5.41. The third-order valence-electron chi connectivity index (χ3n) is 5.32. The minimum Gasteiger partial charge on any atom is -0.356 e. The first-order valence-corrected chi connectivity index (χ1v) is 10.4. The molecule has 0 aliphatic carbocycles. The van der Waals surface area contributed by atoms with Crippen molar-refractivity contribution in [1.82, 2.24) is 20.3 Å². The van der Waals surface area contributed by atoms with E-state index in [1.807, 2.05) is 19.0 Å². The zero-order valence-electron chi connectivity index (χ0n) is 17.9. The summed E-state index contributed by atoms with van der Waals surface area (Å²) in [4.78, 5) is 18.4. The van der Waals surface area contributed by atoms with E-state index < -0.39 is 0 Å². The number of hydrogen-bond acceptors (Lipinski definition) is 6. The molecule has 0 aromatic carbocycles. The number of nitrogens with zero attached hydrogens (tertiary/aromatic N) is 5. The normalized spacial score (nSPS) is 16.2. The van der Waals surface area contributed by atoms with Crippen LogP contribution in [0.2, 0.25) is 0 Å². The summed E-state index contributed by atoms with van der Waals surface area (Å²) in [6.45, 7) is 8.51. The first-order valence-electron chi connectivity index (χ1n) is 10.4. The monoisotopic (exact) mass is 382 g/mol. The highest BCUT2D eigenvalue weighted by atomic mass is 15.3. The lowest BCUT2D eigenvalue weighted by Crippen LogP contribution is -2.46. The van der Waals surface area contributed by atoms with Gasteiger partial charge in [-0.25, -0.2) is 4.98 Å². The summed E-state index contributed by atoms with van der Waals surface area (Å²) in [6, 6.07) is 9.39. The Labute approximate surface area is 169 Å². The van der Waals surface area contributed by atoms with Gasteiger partial charge >= 0.3 is 0 Å². The Morgan fingerprint density at radius 1 is 1.14 bits per heavy atom. The van der Waals surface area contributed by atoms with Crippen LogP contribution < -0.4 is 15.1 Å². The van der Waals surface area contributed by atoms with Crippen molar-refractivity contribution in [2.45, 2.75) is 58.5 Å². The highest BCUT2D eigenvalue weighted by Crippen LogP contribution is 2.21. The van der Waals surface area contributed by atoms with Crippen molar-refractivity contribution in [3.63, 3.8) is 0 Å². The van der Waals surface area contributed by atoms with Gasteiger partial charge in [-0.1, -0.05) is 13.0 Å². The molecule has 2 aromatic rings. The van der Waals surface area contributed by atoms with Crippen molar-refractivity contribution in [3.8, 4) is 0 Å². The second kappa shape index (κ2) is 9.32. The molecule has 0 spiro atoms. The Balaban J connectivity index is 1.55. The molecular formula is C22H34N6. The SMILES string of the molecule is CCc1cc(N2CCC(NC(C)Cc3cccc(C)n3)CC2)nc(N(C)C)n1. The summed E-state index contributed by atoms with van der Waals surface area (Å²) in [6.07, 6.45) is 4.17. The standard InChI is InChI=1S/C22H34N6/c1-6-18-15-21(26-22(25-18)27(4)5)28-12-10-19(11-13-28)24-17(3)14-20-9-7-8-16(2)23-20/h7-9,15,17,19,24H,6,10-14H2,1-5H3. The molecule has 1 saturated heterocycles. The number of piperidine rings is 1. The molecule has 3 rings (SSSR count). The lowest BCUT2D eigenvalue weighted by atomic mass is 10.0. The minimum absolute atomic E-state index is 0.428. The number of nitrogens with one attached hydrogen (secondary N) is 1. The van der Waals surface area contributed by atoms with Crippen LogP contribution in [0.4, 0.5) is 11.8 Å². The van der Waals surface area contributed by atoms with Gasteiger partial charge in [0.05, 0.1) is 0 Å². The first kappa shape index (κ1) is 20.5. The quantitative estimate of drug-likeness (QED) is 0.794. The van der Waals surface area contributed by atoms with Crippen LogP contribution in [0.25, 0.3) is 0 Å². The summed E-state index contributed by atoms with van der Waals surface area (Å²) in [7, 11) is 4.00. The molecule has 0 radical (unpaired) electrons. The molecule has 28 heavy (non-hydrogen) atoms. The topological polar surface area (TPSA) is 57.2 Å². The number of pyridine rings is 1. The number of hydrogen-bond donors (Lipinski definition) is 1. The number of aryl methyl sites for hydroxylation is 2. The molecule has 1 fully saturated rings. The third-order valence-corrected chi connectivity index (χ3v) is 5.32. The highest BCUT2D eigenvalue weighted by molar-refractivity contribution is 5.46. The zero-order chi connectivity index (χ0) is 20.1. The summed E-state index contributed by atoms with van der Waals surface area (Å²) in [5, 5.41) is 3.80. The maximum atomic E-state index is 4.77. The molecule has 0 amide bonds. The van der Waals surface area contributed by atoms with E-state index in [-0.39, 0.29) is 0 Å². The van der Waals surface area contributed by atoms with Crippen molar-refractivity contribution in [1.29, 1.82) is 0 Å². The minimum atomic E-state index is 0.428. The fourth-order valence-corrected chi connectivity index (χ4v) is 3.78. The van der Waals surface area contributed by atoms with Gasteiger partial charge in [-0.2, -0.15) is 4.98 Å². The molecule has 0 bridgehead atoms. The van der Waals surface area contributed by atoms with Crippen LogP contribution in [-0.2, 0) is 12.8 Å². The number of anilines is 2. The van der Waals surface area contributed by atoms with Gasteiger partial charge in [0.15, 0.2) is 0 Å². The van der Waals surface area contributed by atoms with E-state index in [2.05, 4.69) is 65.2 Å². The average Bonchev–Trinajstić information content (AvgIpc) is 2.68. The zero-order valence-corrected chi connectivity index (χ0v) is 17.9. The van der Waals surface area contributed by atoms with Gasteiger partial charge in [-0.05, 0) is 45.2 Å². The molecule has 1 atom stereocenters. The van der Waals surface area contributed by atoms with Crippen molar-refractivity contribution < 1.29 is 0 Å². The van der Waals surface area contributed by atoms with Gasteiger partial charge in [-0.3, -0.25) is 4.98 Å². The molecule has 152 valence electrons. The summed E-state index contributed by atoms with van der Waals surface area (Å²) in [5.74, 6) is 1.86. The predicted molar refractivity (Wildman–Crippen MR) is 116 cm³/mol. The van der Waals surface area contributed by atoms with Crippen LogP contribution in [-0.4, -0.2) is 54.2 Å². The Bertz CT molecular complexity index is 767. The Morgan fingerprint density at radius 3 is 2.54 bits per heavy atom. The molecule has 3 heterocycles. The van der Waals surface area contributed by atoms with Crippen LogP contribution in [0.5, 0.6) is 0 Å². The van der Waals surface area contributed by atoms with Gasteiger partial charge in [0.25, 0.3) is 0 Å². The van der Waals surface area contributed by atoms with E-state index in [1.165, 1.54) is 5.69 Å². The van der Waals surface area contributed by atoms with E-state index in [9.17, 15) is 0 Å². The molecule has 1 aliphatic rings. The second-order valence-corrected chi connectivity index (χ2v) is 8.07. The van der Waals surface area contributed by atoms with Crippen LogP contribution in [0.15, 0.2) is 24.3 Å². The largest absolute Gasteiger partial charge is 0.356 e. The van der Waals surface area contributed by atoms with Crippen LogP contribution in [0.3, 0.4) is 0 Å². The van der Waals surface area contributed by atoms with Gasteiger partial charge < -0.3 is 15.1 Å². The van der Waals surface area contributed by atoms with Crippen LogP contribution >= 0.6 is 0 Å². The van der Waals surface area contributed by atoms with Gasteiger partial charge in [-0.15, -0.1) is 0 Å². The molecule has 0 saturated carbocycles. The summed E-state index contributed by atoms with van der Waals surface area (Å²) < 4.78 is 0. The molecule has 1 unspecified atom stereocenters. The predicted octanol–water partition coefficient (Wildman–Crippen LogP) is 3.00. The van der Waals surface area contributed by atoms with Crippen LogP contribution in [0.1, 0.15) is 43.8 Å². The van der Waals surface area contributed by atoms with Crippen molar-refractivity contribution >= 4 is 11.8 Å². The lowest BCUT2D eigenvalue weighted by Gasteiger charge is -2.35. The van der Waals surface area contributed by atoms with E-state index in [0.717, 1.165) is 61.9 Å². The van der Waals surface area contributed by atoms with Gasteiger partial charge in [0, 0.05) is 68.8 Å². The van der Waals surface area contributed by atoms with Crippen molar-refractivity contribution in [3.05, 3.63) is 41.3 Å². The van der Waals surface area contributed by atoms with Crippen molar-refractivity contribution in [2.75, 3.05) is 37.0 Å². The van der Waals surface area contributed by atoms with Gasteiger partial charge in [0.1, 0.15) is 5.82 Å². The van der Waals surface area contributed by atoms with E-state index in [0.29, 0.717) is 12.1 Å². The van der Waals surface area contributed by atoms with Gasteiger partial charge in [0.2, 0.25) is 5.95 Å². The fourth-order valence-electron chi connectivity index (χ4n) is 3.78. The Morgan fingerprint density at radius 2 is 1.89 bits per heavy atom. The Hall–Kier alpha value is -2.21. The maximum absolute atomic E-state index is 4.77. The van der Waals surface area contributed by atoms with E-state index >= 15 is 0 Å². The average molecular weight is 383 g/mol. The number of rotatable bonds is 7. The van der Waals surface area contributed by atoms with Crippen molar-refractivity contribution in [2.24, 2.45) is 0 Å². The Kier molecular flexibility index (Phi) is 6.83. The molecule has 1 aliphatic heterocycles. The molecule has 1 N–H and O–H groups in total. The molecular weight excluding hydrogens is 348 g/mol.